The molecule has 1 aliphatic rings. The molecule has 0 aromatic heterocycles. The Morgan fingerprint density at radius 1 is 1.40 bits per heavy atom. The van der Waals surface area contributed by atoms with E-state index in [2.05, 4.69) is 10.6 Å². The number of aldehydes is 1. The van der Waals surface area contributed by atoms with Gasteiger partial charge in [-0.3, -0.25) is 24.5 Å². The van der Waals surface area contributed by atoms with Crippen molar-refractivity contribution in [3.05, 3.63) is 35.1 Å². The normalized spacial score (nSPS) is 18.4. The highest BCUT2D eigenvalue weighted by Gasteiger charge is 2.28. The van der Waals surface area contributed by atoms with Gasteiger partial charge in [-0.1, -0.05) is 6.07 Å². The molecule has 20 heavy (non-hydrogen) atoms. The van der Waals surface area contributed by atoms with E-state index in [0.29, 0.717) is 6.29 Å². The molecule has 2 N–H and O–H groups in total. The zero-order chi connectivity index (χ0) is 14.7. The second kappa shape index (κ2) is 5.60. The van der Waals surface area contributed by atoms with Crippen LogP contribution in [0.15, 0.2) is 18.2 Å². The van der Waals surface area contributed by atoms with Crippen LogP contribution in [-0.4, -0.2) is 30.0 Å². The molecule has 0 spiro atoms. The highest BCUT2D eigenvalue weighted by atomic mass is 19.1. The topological polar surface area (TPSA) is 92.3 Å². The highest BCUT2D eigenvalue weighted by Crippen LogP contribution is 2.11. The average Bonchev–Trinajstić information content (AvgIpc) is 2.41. The molecule has 7 heteroatoms. The first-order valence-electron chi connectivity index (χ1n) is 5.90. The molecule has 0 bridgehead atoms. The second-order valence-corrected chi connectivity index (χ2v) is 4.33. The Hall–Kier alpha value is -2.57. The van der Waals surface area contributed by atoms with Crippen molar-refractivity contribution in [2.24, 2.45) is 0 Å². The van der Waals surface area contributed by atoms with Crippen molar-refractivity contribution < 1.29 is 23.6 Å². The summed E-state index contributed by atoms with van der Waals surface area (Å²) in [6, 6.07) is 2.53. The molecule has 2 rings (SSSR count). The second-order valence-electron chi connectivity index (χ2n) is 4.33. The van der Waals surface area contributed by atoms with E-state index < -0.39 is 29.6 Å². The van der Waals surface area contributed by atoms with Crippen molar-refractivity contribution in [1.82, 2.24) is 10.6 Å². The quantitative estimate of drug-likeness (QED) is 0.609. The van der Waals surface area contributed by atoms with Crippen molar-refractivity contribution in [2.75, 3.05) is 0 Å². The van der Waals surface area contributed by atoms with Crippen LogP contribution < -0.4 is 10.6 Å². The molecule has 3 amide bonds. The maximum atomic E-state index is 13.6. The Morgan fingerprint density at radius 3 is 2.75 bits per heavy atom. The Morgan fingerprint density at radius 2 is 2.15 bits per heavy atom. The summed E-state index contributed by atoms with van der Waals surface area (Å²) < 4.78 is 13.6. The van der Waals surface area contributed by atoms with Crippen molar-refractivity contribution >= 4 is 24.0 Å². The van der Waals surface area contributed by atoms with Crippen molar-refractivity contribution in [3.63, 3.8) is 0 Å². The Kier molecular flexibility index (Phi) is 3.88. The molecule has 0 radical (unpaired) electrons. The lowest BCUT2D eigenvalue weighted by molar-refractivity contribution is -0.134. The third kappa shape index (κ3) is 2.87. The lowest BCUT2D eigenvalue weighted by Gasteiger charge is -2.21. The number of hydrogen-bond donors (Lipinski definition) is 2. The minimum atomic E-state index is -0.870. The van der Waals surface area contributed by atoms with Crippen molar-refractivity contribution in [2.45, 2.75) is 18.9 Å². The summed E-state index contributed by atoms with van der Waals surface area (Å²) in [5.74, 6) is -2.63. The van der Waals surface area contributed by atoms with Gasteiger partial charge in [0.25, 0.3) is 5.91 Å². The number of halogens is 1. The molecule has 1 saturated heterocycles. The lowest BCUT2D eigenvalue weighted by Crippen LogP contribution is -2.52. The SMILES string of the molecule is O=Cc1ccc(C(=O)N[C@H]2CCC(=O)NC2=O)c(F)c1. The van der Waals surface area contributed by atoms with Gasteiger partial charge in [-0.25, -0.2) is 4.39 Å². The Labute approximate surface area is 113 Å². The van der Waals surface area contributed by atoms with Gasteiger partial charge < -0.3 is 5.32 Å². The van der Waals surface area contributed by atoms with Crippen LogP contribution in [0.4, 0.5) is 4.39 Å². The van der Waals surface area contributed by atoms with E-state index in [0.717, 1.165) is 6.07 Å². The molecule has 104 valence electrons. The van der Waals surface area contributed by atoms with Crippen molar-refractivity contribution in [1.29, 1.82) is 0 Å². The van der Waals surface area contributed by atoms with E-state index in [4.69, 9.17) is 0 Å². The fourth-order valence-electron chi connectivity index (χ4n) is 1.86. The van der Waals surface area contributed by atoms with E-state index in [1.807, 2.05) is 0 Å². The van der Waals surface area contributed by atoms with Crippen LogP contribution in [0.25, 0.3) is 0 Å². The summed E-state index contributed by atoms with van der Waals surface area (Å²) in [5.41, 5.74) is -0.152. The van der Waals surface area contributed by atoms with Gasteiger partial charge in [0.15, 0.2) is 0 Å². The molecular weight excluding hydrogens is 267 g/mol. The third-order valence-corrected chi connectivity index (χ3v) is 2.92. The molecule has 0 unspecified atom stereocenters. The van der Waals surface area contributed by atoms with E-state index in [-0.39, 0.29) is 24.0 Å². The monoisotopic (exact) mass is 278 g/mol. The average molecular weight is 278 g/mol. The van der Waals surface area contributed by atoms with E-state index >= 15 is 0 Å². The minimum absolute atomic E-state index is 0.111. The van der Waals surface area contributed by atoms with Crippen LogP contribution in [0.5, 0.6) is 0 Å². The lowest BCUT2D eigenvalue weighted by atomic mass is 10.0. The summed E-state index contributed by atoms with van der Waals surface area (Å²) in [7, 11) is 0. The number of imide groups is 1. The largest absolute Gasteiger partial charge is 0.340 e. The third-order valence-electron chi connectivity index (χ3n) is 2.92. The number of piperidine rings is 1. The first-order valence-corrected chi connectivity index (χ1v) is 5.90. The van der Waals surface area contributed by atoms with E-state index in [1.54, 1.807) is 0 Å². The molecule has 1 aromatic rings. The van der Waals surface area contributed by atoms with Crippen molar-refractivity contribution in [3.8, 4) is 0 Å². The van der Waals surface area contributed by atoms with Crippen LogP contribution in [0.2, 0.25) is 0 Å². The first-order chi connectivity index (χ1) is 9.51. The maximum Gasteiger partial charge on any atom is 0.254 e. The summed E-state index contributed by atoms with van der Waals surface area (Å²) in [6.45, 7) is 0. The number of carbonyl (C=O) groups excluding carboxylic acids is 4. The molecule has 6 nitrogen and oxygen atoms in total. The van der Waals surface area contributed by atoms with Crippen LogP contribution in [0.1, 0.15) is 33.6 Å². The Balaban J connectivity index is 2.10. The number of hydrogen-bond acceptors (Lipinski definition) is 4. The van der Waals surface area contributed by atoms with Gasteiger partial charge in [-0.15, -0.1) is 0 Å². The number of carbonyl (C=O) groups is 4. The summed E-state index contributed by atoms with van der Waals surface area (Å²) in [4.78, 5) is 44.8. The fourth-order valence-corrected chi connectivity index (χ4v) is 1.86. The smallest absolute Gasteiger partial charge is 0.254 e. The molecule has 1 aliphatic heterocycles. The zero-order valence-electron chi connectivity index (χ0n) is 10.3. The van der Waals surface area contributed by atoms with Gasteiger partial charge in [0.05, 0.1) is 5.56 Å². The molecule has 1 aromatic carbocycles. The highest BCUT2D eigenvalue weighted by molar-refractivity contribution is 6.03. The van der Waals surface area contributed by atoms with Gasteiger partial charge in [0.1, 0.15) is 18.1 Å². The number of nitrogens with one attached hydrogen (secondary N) is 2. The van der Waals surface area contributed by atoms with Crippen LogP contribution in [0, 0.1) is 5.82 Å². The molecular formula is C13H11FN2O4. The minimum Gasteiger partial charge on any atom is -0.340 e. The molecule has 0 aliphatic carbocycles. The van der Waals surface area contributed by atoms with Gasteiger partial charge in [-0.05, 0) is 18.6 Å². The van der Waals surface area contributed by atoms with Gasteiger partial charge in [0, 0.05) is 12.0 Å². The van der Waals surface area contributed by atoms with E-state index in [9.17, 15) is 23.6 Å². The van der Waals surface area contributed by atoms with Gasteiger partial charge in [-0.2, -0.15) is 0 Å². The molecule has 1 heterocycles. The Bertz CT molecular complexity index is 600. The maximum absolute atomic E-state index is 13.6. The van der Waals surface area contributed by atoms with Gasteiger partial charge in [0.2, 0.25) is 11.8 Å². The number of benzene rings is 1. The molecule has 0 saturated carbocycles. The zero-order valence-corrected chi connectivity index (χ0v) is 10.3. The summed E-state index contributed by atoms with van der Waals surface area (Å²) >= 11 is 0. The molecule has 1 atom stereocenters. The summed E-state index contributed by atoms with van der Waals surface area (Å²) in [6.07, 6.45) is 0.749. The predicted molar refractivity (Wildman–Crippen MR) is 65.4 cm³/mol. The fraction of sp³-hybridized carbons (Fsp3) is 0.231. The van der Waals surface area contributed by atoms with Crippen LogP contribution in [0.3, 0.4) is 0 Å². The number of rotatable bonds is 3. The van der Waals surface area contributed by atoms with Crippen LogP contribution in [-0.2, 0) is 9.59 Å². The van der Waals surface area contributed by atoms with E-state index in [1.165, 1.54) is 12.1 Å². The standard InChI is InChI=1S/C13H11FN2O4/c14-9-5-7(6-17)1-2-8(9)12(19)15-10-3-4-11(18)16-13(10)20/h1-2,5-6,10H,3-4H2,(H,15,19)(H,16,18,20)/t10-/m0/s1. The van der Waals surface area contributed by atoms with Gasteiger partial charge >= 0.3 is 0 Å². The van der Waals surface area contributed by atoms with Crippen LogP contribution >= 0.6 is 0 Å². The molecule has 1 fully saturated rings. The number of amides is 3. The first kappa shape index (κ1) is 13.9. The summed E-state index contributed by atoms with van der Waals surface area (Å²) in [5, 5.41) is 4.44. The predicted octanol–water partition coefficient (Wildman–Crippen LogP) is 0.173.